The molecule has 0 saturated carbocycles. The molecule has 0 spiro atoms. The standard InChI is InChI=1S/C20H22ClFN2O3/c1-26-17-6-7-18(19(22)14-17)20(25)24-10-8-23(9-11-24)12-13-27-16-4-2-15(21)3-5-16/h2-7,14H,8-13H2,1H3/p+1. The quantitative estimate of drug-likeness (QED) is 0.815. The van der Waals surface area contributed by atoms with Gasteiger partial charge in [-0.2, -0.15) is 0 Å². The predicted molar refractivity (Wildman–Crippen MR) is 101 cm³/mol. The number of hydrogen-bond donors (Lipinski definition) is 1. The third-order valence-corrected chi connectivity index (χ3v) is 4.95. The Morgan fingerprint density at radius 2 is 1.81 bits per heavy atom. The van der Waals surface area contributed by atoms with Crippen LogP contribution < -0.4 is 14.4 Å². The van der Waals surface area contributed by atoms with Crippen molar-refractivity contribution in [3.8, 4) is 11.5 Å². The number of carbonyl (C=O) groups excluding carboxylic acids is 1. The molecule has 0 unspecified atom stereocenters. The summed E-state index contributed by atoms with van der Waals surface area (Å²) < 4.78 is 24.8. The largest absolute Gasteiger partial charge is 0.497 e. The zero-order chi connectivity index (χ0) is 19.2. The topological polar surface area (TPSA) is 43.2 Å². The van der Waals surface area contributed by atoms with Gasteiger partial charge >= 0.3 is 0 Å². The predicted octanol–water partition coefficient (Wildman–Crippen LogP) is 1.91. The van der Waals surface area contributed by atoms with Gasteiger partial charge in [0.05, 0.1) is 38.9 Å². The second kappa shape index (κ2) is 9.06. The van der Waals surface area contributed by atoms with Crippen LogP contribution in [0.4, 0.5) is 4.39 Å². The van der Waals surface area contributed by atoms with Gasteiger partial charge in [0.1, 0.15) is 30.5 Å². The second-order valence-corrected chi connectivity index (χ2v) is 6.88. The summed E-state index contributed by atoms with van der Waals surface area (Å²) in [5.41, 5.74) is 0.0883. The van der Waals surface area contributed by atoms with Crippen LogP contribution in [0.2, 0.25) is 5.02 Å². The lowest BCUT2D eigenvalue weighted by molar-refractivity contribution is -0.903. The molecule has 1 aliphatic heterocycles. The fourth-order valence-corrected chi connectivity index (χ4v) is 3.21. The Morgan fingerprint density at radius 1 is 1.15 bits per heavy atom. The van der Waals surface area contributed by atoms with Crippen molar-refractivity contribution in [3.05, 3.63) is 58.9 Å². The van der Waals surface area contributed by atoms with Gasteiger partial charge in [-0.25, -0.2) is 4.39 Å². The molecule has 27 heavy (non-hydrogen) atoms. The van der Waals surface area contributed by atoms with E-state index in [1.54, 1.807) is 23.1 Å². The molecule has 2 aromatic carbocycles. The van der Waals surface area contributed by atoms with Crippen LogP contribution in [0.25, 0.3) is 0 Å². The number of ether oxygens (including phenoxy) is 2. The van der Waals surface area contributed by atoms with Crippen LogP contribution in [-0.2, 0) is 0 Å². The molecule has 144 valence electrons. The van der Waals surface area contributed by atoms with Gasteiger partial charge in [0.25, 0.3) is 5.91 Å². The van der Waals surface area contributed by atoms with E-state index in [0.29, 0.717) is 30.5 Å². The molecule has 7 heteroatoms. The van der Waals surface area contributed by atoms with Crippen LogP contribution in [0.1, 0.15) is 10.4 Å². The van der Waals surface area contributed by atoms with Crippen LogP contribution in [0.5, 0.6) is 11.5 Å². The lowest BCUT2D eigenvalue weighted by atomic mass is 10.1. The number of halogens is 2. The zero-order valence-electron chi connectivity index (χ0n) is 15.2. The minimum absolute atomic E-state index is 0.0883. The van der Waals surface area contributed by atoms with Crippen LogP contribution in [0.15, 0.2) is 42.5 Å². The van der Waals surface area contributed by atoms with E-state index in [1.165, 1.54) is 24.1 Å². The Balaban J connectivity index is 1.45. The third kappa shape index (κ3) is 5.11. The number of benzene rings is 2. The summed E-state index contributed by atoms with van der Waals surface area (Å²) in [4.78, 5) is 15.6. The fourth-order valence-electron chi connectivity index (χ4n) is 3.09. The van der Waals surface area contributed by atoms with Gasteiger partial charge < -0.3 is 19.3 Å². The molecule has 1 saturated heterocycles. The van der Waals surface area contributed by atoms with Crippen molar-refractivity contribution in [3.63, 3.8) is 0 Å². The molecular formula is C20H23ClFN2O3+. The Hall–Kier alpha value is -2.31. The van der Waals surface area contributed by atoms with Crippen LogP contribution in [-0.4, -0.2) is 57.2 Å². The van der Waals surface area contributed by atoms with E-state index in [4.69, 9.17) is 21.1 Å². The number of nitrogens with one attached hydrogen (secondary N) is 1. The third-order valence-electron chi connectivity index (χ3n) is 4.70. The summed E-state index contributed by atoms with van der Waals surface area (Å²) >= 11 is 5.85. The van der Waals surface area contributed by atoms with E-state index < -0.39 is 5.82 Å². The van der Waals surface area contributed by atoms with Gasteiger partial charge in [0.2, 0.25) is 0 Å². The number of nitrogens with zero attached hydrogens (tertiary/aromatic N) is 1. The molecule has 1 amide bonds. The SMILES string of the molecule is COc1ccc(C(=O)N2CC[NH+](CCOc3ccc(Cl)cc3)CC2)c(F)c1. The van der Waals surface area contributed by atoms with Crippen molar-refractivity contribution in [1.82, 2.24) is 4.90 Å². The second-order valence-electron chi connectivity index (χ2n) is 6.44. The fraction of sp³-hybridized carbons (Fsp3) is 0.350. The highest BCUT2D eigenvalue weighted by molar-refractivity contribution is 6.30. The highest BCUT2D eigenvalue weighted by Crippen LogP contribution is 2.18. The summed E-state index contributed by atoms with van der Waals surface area (Å²) in [5, 5.41) is 0.682. The molecular weight excluding hydrogens is 371 g/mol. The zero-order valence-corrected chi connectivity index (χ0v) is 16.0. The summed E-state index contributed by atoms with van der Waals surface area (Å²) in [6, 6.07) is 11.6. The molecule has 3 rings (SSSR count). The Labute approximate surface area is 163 Å². The molecule has 1 fully saturated rings. The lowest BCUT2D eigenvalue weighted by Crippen LogP contribution is -3.15. The van der Waals surface area contributed by atoms with Gasteiger partial charge in [0, 0.05) is 11.1 Å². The number of amides is 1. The van der Waals surface area contributed by atoms with Gasteiger partial charge in [0.15, 0.2) is 0 Å². The maximum absolute atomic E-state index is 14.1. The summed E-state index contributed by atoms with van der Waals surface area (Å²) in [6.45, 7) is 4.27. The maximum atomic E-state index is 14.1. The molecule has 0 bridgehead atoms. The molecule has 1 heterocycles. The van der Waals surface area contributed by atoms with Crippen LogP contribution >= 0.6 is 11.6 Å². The molecule has 1 N–H and O–H groups in total. The normalized spacial score (nSPS) is 14.9. The van der Waals surface area contributed by atoms with E-state index in [0.717, 1.165) is 25.4 Å². The van der Waals surface area contributed by atoms with Crippen molar-refractivity contribution in [2.45, 2.75) is 0 Å². The lowest BCUT2D eigenvalue weighted by Gasteiger charge is -2.32. The minimum Gasteiger partial charge on any atom is -0.497 e. The van der Waals surface area contributed by atoms with Crippen molar-refractivity contribution in [2.75, 3.05) is 46.4 Å². The first-order valence-corrected chi connectivity index (χ1v) is 9.29. The molecule has 5 nitrogen and oxygen atoms in total. The number of hydrogen-bond acceptors (Lipinski definition) is 3. The highest BCUT2D eigenvalue weighted by Gasteiger charge is 2.26. The molecule has 0 radical (unpaired) electrons. The van der Waals surface area contributed by atoms with Crippen molar-refractivity contribution < 1.29 is 23.6 Å². The molecule has 1 aliphatic rings. The Bertz CT molecular complexity index is 777. The van der Waals surface area contributed by atoms with Gasteiger partial charge in [-0.3, -0.25) is 4.79 Å². The number of carbonyl (C=O) groups is 1. The van der Waals surface area contributed by atoms with E-state index in [2.05, 4.69) is 0 Å². The molecule has 2 aromatic rings. The van der Waals surface area contributed by atoms with E-state index in [9.17, 15) is 9.18 Å². The molecule has 0 aromatic heterocycles. The summed E-state index contributed by atoms with van der Waals surface area (Å²) in [6.07, 6.45) is 0. The highest BCUT2D eigenvalue weighted by atomic mass is 35.5. The maximum Gasteiger partial charge on any atom is 0.257 e. The minimum atomic E-state index is -0.550. The van der Waals surface area contributed by atoms with Crippen molar-refractivity contribution in [2.24, 2.45) is 0 Å². The first-order valence-electron chi connectivity index (χ1n) is 8.91. The smallest absolute Gasteiger partial charge is 0.257 e. The van der Waals surface area contributed by atoms with E-state index in [-0.39, 0.29) is 11.5 Å². The van der Waals surface area contributed by atoms with Gasteiger partial charge in [-0.15, -0.1) is 0 Å². The Morgan fingerprint density at radius 3 is 2.44 bits per heavy atom. The van der Waals surface area contributed by atoms with Gasteiger partial charge in [-0.05, 0) is 36.4 Å². The van der Waals surface area contributed by atoms with Crippen molar-refractivity contribution >= 4 is 17.5 Å². The monoisotopic (exact) mass is 393 g/mol. The number of rotatable bonds is 6. The first kappa shape index (κ1) is 19.5. The Kier molecular flexibility index (Phi) is 6.53. The number of quaternary nitrogens is 1. The van der Waals surface area contributed by atoms with Crippen LogP contribution in [0, 0.1) is 5.82 Å². The molecule has 0 aliphatic carbocycles. The van der Waals surface area contributed by atoms with Crippen LogP contribution in [0.3, 0.4) is 0 Å². The van der Waals surface area contributed by atoms with Gasteiger partial charge in [-0.1, -0.05) is 11.6 Å². The number of piperazine rings is 1. The van der Waals surface area contributed by atoms with Crippen molar-refractivity contribution in [1.29, 1.82) is 0 Å². The summed E-state index contributed by atoms with van der Waals surface area (Å²) in [7, 11) is 1.47. The number of methoxy groups -OCH3 is 1. The summed E-state index contributed by atoms with van der Waals surface area (Å²) in [5.74, 6) is 0.374. The molecule has 0 atom stereocenters. The first-order chi connectivity index (χ1) is 13.1. The van der Waals surface area contributed by atoms with E-state index in [1.807, 2.05) is 12.1 Å². The average Bonchev–Trinajstić information content (AvgIpc) is 2.69. The average molecular weight is 394 g/mol. The van der Waals surface area contributed by atoms with E-state index >= 15 is 0 Å².